The molecule has 0 saturated carbocycles. The zero-order chi connectivity index (χ0) is 12.8. The SMILES string of the molecule is CCNCc1cnc(Oc2ccccc2Cl)nc1. The molecule has 5 heteroatoms. The zero-order valence-electron chi connectivity index (χ0n) is 10.1. The van der Waals surface area contributed by atoms with Crippen LogP contribution in [0.4, 0.5) is 0 Å². The van der Waals surface area contributed by atoms with Gasteiger partial charge in [0.25, 0.3) is 0 Å². The predicted molar refractivity (Wildman–Crippen MR) is 70.9 cm³/mol. The van der Waals surface area contributed by atoms with Crippen molar-refractivity contribution in [3.8, 4) is 11.8 Å². The molecule has 1 heterocycles. The van der Waals surface area contributed by atoms with Crippen LogP contribution in [0, 0.1) is 0 Å². The second kappa shape index (κ2) is 6.33. The van der Waals surface area contributed by atoms with E-state index in [1.54, 1.807) is 24.5 Å². The molecule has 0 spiro atoms. The van der Waals surface area contributed by atoms with Crippen LogP contribution >= 0.6 is 11.6 Å². The van der Waals surface area contributed by atoms with Gasteiger partial charge in [-0.15, -0.1) is 0 Å². The first-order chi connectivity index (χ1) is 8.79. The molecule has 0 aliphatic carbocycles. The van der Waals surface area contributed by atoms with E-state index in [0.717, 1.165) is 18.7 Å². The summed E-state index contributed by atoms with van der Waals surface area (Å²) in [5, 5.41) is 3.74. The lowest BCUT2D eigenvalue weighted by molar-refractivity contribution is 0.441. The predicted octanol–water partition coefficient (Wildman–Crippen LogP) is 3.03. The van der Waals surface area contributed by atoms with Gasteiger partial charge in [0.05, 0.1) is 5.02 Å². The average molecular weight is 264 g/mol. The van der Waals surface area contributed by atoms with E-state index in [0.29, 0.717) is 16.8 Å². The first-order valence-corrected chi connectivity index (χ1v) is 6.11. The maximum atomic E-state index is 5.98. The average Bonchev–Trinajstić information content (AvgIpc) is 2.41. The van der Waals surface area contributed by atoms with Gasteiger partial charge in [0.1, 0.15) is 5.75 Å². The van der Waals surface area contributed by atoms with Gasteiger partial charge in [0.2, 0.25) is 0 Å². The Morgan fingerprint density at radius 2 is 1.94 bits per heavy atom. The number of aromatic nitrogens is 2. The van der Waals surface area contributed by atoms with E-state index in [1.807, 2.05) is 12.1 Å². The molecule has 1 aromatic heterocycles. The number of hydrogen-bond acceptors (Lipinski definition) is 4. The van der Waals surface area contributed by atoms with Crippen molar-refractivity contribution in [2.24, 2.45) is 0 Å². The third-order valence-corrected chi connectivity index (χ3v) is 2.61. The normalized spacial score (nSPS) is 10.3. The third kappa shape index (κ3) is 3.42. The molecule has 0 saturated heterocycles. The largest absolute Gasteiger partial charge is 0.423 e. The van der Waals surface area contributed by atoms with Gasteiger partial charge in [-0.05, 0) is 18.7 Å². The lowest BCUT2D eigenvalue weighted by Crippen LogP contribution is -2.12. The number of halogens is 1. The quantitative estimate of drug-likeness (QED) is 0.901. The van der Waals surface area contributed by atoms with Crippen molar-refractivity contribution in [1.82, 2.24) is 15.3 Å². The van der Waals surface area contributed by atoms with E-state index >= 15 is 0 Å². The van der Waals surface area contributed by atoms with Gasteiger partial charge in [0.15, 0.2) is 0 Å². The fourth-order valence-corrected chi connectivity index (χ4v) is 1.56. The number of hydrogen-bond donors (Lipinski definition) is 1. The van der Waals surface area contributed by atoms with Crippen LogP contribution in [-0.2, 0) is 6.54 Å². The number of rotatable bonds is 5. The molecule has 0 unspecified atom stereocenters. The fraction of sp³-hybridized carbons (Fsp3) is 0.231. The van der Waals surface area contributed by atoms with Gasteiger partial charge >= 0.3 is 6.01 Å². The Bertz CT molecular complexity index is 502. The summed E-state index contributed by atoms with van der Waals surface area (Å²) in [7, 11) is 0. The summed E-state index contributed by atoms with van der Waals surface area (Å²) >= 11 is 5.98. The molecule has 0 radical (unpaired) electrons. The minimum absolute atomic E-state index is 0.295. The van der Waals surface area contributed by atoms with E-state index < -0.39 is 0 Å². The maximum Gasteiger partial charge on any atom is 0.321 e. The van der Waals surface area contributed by atoms with Crippen LogP contribution in [-0.4, -0.2) is 16.5 Å². The summed E-state index contributed by atoms with van der Waals surface area (Å²) in [5.74, 6) is 0.554. The number of nitrogens with zero attached hydrogens (tertiary/aromatic N) is 2. The summed E-state index contributed by atoms with van der Waals surface area (Å²) in [6.07, 6.45) is 3.48. The topological polar surface area (TPSA) is 47.0 Å². The first-order valence-electron chi connectivity index (χ1n) is 5.73. The lowest BCUT2D eigenvalue weighted by atomic mass is 10.3. The molecule has 0 aliphatic rings. The summed E-state index contributed by atoms with van der Waals surface area (Å²) in [5.41, 5.74) is 1.02. The number of para-hydroxylation sites is 1. The molecule has 2 rings (SSSR count). The molecule has 0 atom stereocenters. The van der Waals surface area contributed by atoms with Crippen molar-refractivity contribution in [2.75, 3.05) is 6.54 Å². The molecule has 0 amide bonds. The smallest absolute Gasteiger partial charge is 0.321 e. The van der Waals surface area contributed by atoms with Crippen LogP contribution in [0.3, 0.4) is 0 Å². The Kier molecular flexibility index (Phi) is 4.50. The van der Waals surface area contributed by atoms with Crippen LogP contribution in [0.5, 0.6) is 11.8 Å². The van der Waals surface area contributed by atoms with Crippen molar-refractivity contribution >= 4 is 11.6 Å². The molecule has 18 heavy (non-hydrogen) atoms. The van der Waals surface area contributed by atoms with Crippen molar-refractivity contribution < 1.29 is 4.74 Å². The number of nitrogens with one attached hydrogen (secondary N) is 1. The van der Waals surface area contributed by atoms with Crippen LogP contribution < -0.4 is 10.1 Å². The number of ether oxygens (including phenoxy) is 1. The fourth-order valence-electron chi connectivity index (χ4n) is 1.38. The third-order valence-electron chi connectivity index (χ3n) is 2.30. The first kappa shape index (κ1) is 12.8. The molecule has 1 aromatic carbocycles. The van der Waals surface area contributed by atoms with Gasteiger partial charge in [-0.2, -0.15) is 0 Å². The zero-order valence-corrected chi connectivity index (χ0v) is 10.8. The minimum atomic E-state index is 0.295. The summed E-state index contributed by atoms with van der Waals surface area (Å²) in [4.78, 5) is 8.27. The standard InChI is InChI=1S/C13H14ClN3O/c1-2-15-7-10-8-16-13(17-9-10)18-12-6-4-3-5-11(12)14/h3-6,8-9,15H,2,7H2,1H3. The van der Waals surface area contributed by atoms with E-state index in [1.165, 1.54) is 0 Å². The Morgan fingerprint density at radius 3 is 2.61 bits per heavy atom. The molecule has 2 aromatic rings. The Balaban J connectivity index is 2.04. The highest BCUT2D eigenvalue weighted by molar-refractivity contribution is 6.32. The van der Waals surface area contributed by atoms with E-state index in [4.69, 9.17) is 16.3 Å². The van der Waals surface area contributed by atoms with Crippen molar-refractivity contribution in [2.45, 2.75) is 13.5 Å². The molecule has 94 valence electrons. The molecule has 0 bridgehead atoms. The Hall–Kier alpha value is -1.65. The maximum absolute atomic E-state index is 5.98. The van der Waals surface area contributed by atoms with Crippen molar-refractivity contribution in [1.29, 1.82) is 0 Å². The van der Waals surface area contributed by atoms with Crippen molar-refractivity contribution in [3.05, 3.63) is 47.2 Å². The second-order valence-corrected chi connectivity index (χ2v) is 4.09. The highest BCUT2D eigenvalue weighted by Gasteiger charge is 2.04. The van der Waals surface area contributed by atoms with Crippen molar-refractivity contribution in [3.63, 3.8) is 0 Å². The second-order valence-electron chi connectivity index (χ2n) is 3.69. The molecule has 0 aliphatic heterocycles. The Labute approximate surface area is 111 Å². The van der Waals surface area contributed by atoms with Crippen LogP contribution in [0.1, 0.15) is 12.5 Å². The van der Waals surface area contributed by atoms with Gasteiger partial charge in [0, 0.05) is 24.5 Å². The Morgan fingerprint density at radius 1 is 1.22 bits per heavy atom. The van der Waals surface area contributed by atoms with Crippen LogP contribution in [0.25, 0.3) is 0 Å². The van der Waals surface area contributed by atoms with Crippen LogP contribution in [0.15, 0.2) is 36.7 Å². The molecule has 0 fully saturated rings. The highest BCUT2D eigenvalue weighted by atomic mass is 35.5. The van der Waals surface area contributed by atoms with Gasteiger partial charge in [-0.1, -0.05) is 30.7 Å². The minimum Gasteiger partial charge on any atom is -0.423 e. The summed E-state index contributed by atoms with van der Waals surface area (Å²) in [6.45, 7) is 3.72. The monoisotopic (exact) mass is 263 g/mol. The molecule has 4 nitrogen and oxygen atoms in total. The van der Waals surface area contributed by atoms with E-state index in [-0.39, 0.29) is 0 Å². The summed E-state index contributed by atoms with van der Waals surface area (Å²) < 4.78 is 5.49. The van der Waals surface area contributed by atoms with E-state index in [9.17, 15) is 0 Å². The lowest BCUT2D eigenvalue weighted by Gasteiger charge is -2.06. The summed E-state index contributed by atoms with van der Waals surface area (Å²) in [6, 6.07) is 7.52. The highest BCUT2D eigenvalue weighted by Crippen LogP contribution is 2.26. The molecular formula is C13H14ClN3O. The molecule has 1 N–H and O–H groups in total. The molecular weight excluding hydrogens is 250 g/mol. The van der Waals surface area contributed by atoms with E-state index in [2.05, 4.69) is 22.2 Å². The van der Waals surface area contributed by atoms with Gasteiger partial charge < -0.3 is 10.1 Å². The van der Waals surface area contributed by atoms with Gasteiger partial charge in [-0.3, -0.25) is 0 Å². The number of benzene rings is 1. The van der Waals surface area contributed by atoms with Crippen LogP contribution in [0.2, 0.25) is 5.02 Å². The van der Waals surface area contributed by atoms with Gasteiger partial charge in [-0.25, -0.2) is 9.97 Å².